The number of nitrogens with zero attached hydrogens (tertiary/aromatic N) is 2. The molecule has 27 heavy (non-hydrogen) atoms. The summed E-state index contributed by atoms with van der Waals surface area (Å²) in [5.41, 5.74) is 1.29. The number of aromatic nitrogens is 2. The first-order valence-electron chi connectivity index (χ1n) is 8.70. The number of hydrogen-bond acceptors (Lipinski definition) is 3. The van der Waals surface area contributed by atoms with Crippen LogP contribution in [0.15, 0.2) is 73.1 Å². The standard InChI is InChI=1S/C21H22N4O2/c1-21(2,20(27)24-17-11-7-4-8-12-17)25-15-18(14-22-25)23-19(26)13-16-9-5-3-6-10-16/h3-12,14-15H,13H2,1-2H3,(H,23,26)(H,24,27). The van der Waals surface area contributed by atoms with Gasteiger partial charge in [-0.15, -0.1) is 0 Å². The molecule has 0 saturated carbocycles. The molecule has 3 rings (SSSR count). The minimum Gasteiger partial charge on any atom is -0.324 e. The summed E-state index contributed by atoms with van der Waals surface area (Å²) in [7, 11) is 0. The zero-order valence-electron chi connectivity index (χ0n) is 15.3. The van der Waals surface area contributed by atoms with Gasteiger partial charge in [-0.2, -0.15) is 5.10 Å². The van der Waals surface area contributed by atoms with Gasteiger partial charge in [0.05, 0.1) is 18.3 Å². The van der Waals surface area contributed by atoms with E-state index in [4.69, 9.17) is 0 Å². The Morgan fingerprint density at radius 1 is 0.926 bits per heavy atom. The fourth-order valence-electron chi connectivity index (χ4n) is 2.59. The van der Waals surface area contributed by atoms with E-state index in [2.05, 4.69) is 15.7 Å². The van der Waals surface area contributed by atoms with Crippen molar-refractivity contribution in [2.75, 3.05) is 10.6 Å². The molecule has 6 nitrogen and oxygen atoms in total. The van der Waals surface area contributed by atoms with Crippen molar-refractivity contribution in [1.29, 1.82) is 0 Å². The average molecular weight is 362 g/mol. The van der Waals surface area contributed by atoms with Crippen LogP contribution in [0.3, 0.4) is 0 Å². The number of hydrogen-bond donors (Lipinski definition) is 2. The highest BCUT2D eigenvalue weighted by molar-refractivity contribution is 5.96. The van der Waals surface area contributed by atoms with Crippen LogP contribution < -0.4 is 10.6 Å². The van der Waals surface area contributed by atoms with Crippen LogP contribution in [0.1, 0.15) is 19.4 Å². The number of benzene rings is 2. The lowest BCUT2D eigenvalue weighted by Crippen LogP contribution is -2.40. The molecule has 6 heteroatoms. The Morgan fingerprint density at radius 2 is 1.56 bits per heavy atom. The fourth-order valence-corrected chi connectivity index (χ4v) is 2.59. The first kappa shape index (κ1) is 18.4. The summed E-state index contributed by atoms with van der Waals surface area (Å²) in [5, 5.41) is 9.95. The zero-order chi connectivity index (χ0) is 19.3. The lowest BCUT2D eigenvalue weighted by Gasteiger charge is -2.24. The van der Waals surface area contributed by atoms with E-state index >= 15 is 0 Å². The third kappa shape index (κ3) is 4.61. The van der Waals surface area contributed by atoms with E-state index in [9.17, 15) is 9.59 Å². The maximum Gasteiger partial charge on any atom is 0.251 e. The van der Waals surface area contributed by atoms with Gasteiger partial charge in [0, 0.05) is 11.9 Å². The summed E-state index contributed by atoms with van der Waals surface area (Å²) in [6.45, 7) is 3.54. The summed E-state index contributed by atoms with van der Waals surface area (Å²) < 4.78 is 1.55. The zero-order valence-corrected chi connectivity index (χ0v) is 15.3. The van der Waals surface area contributed by atoms with E-state index in [1.165, 1.54) is 0 Å². The molecule has 2 amide bonds. The van der Waals surface area contributed by atoms with E-state index < -0.39 is 5.54 Å². The quantitative estimate of drug-likeness (QED) is 0.705. The predicted octanol–water partition coefficient (Wildman–Crippen LogP) is 3.44. The second-order valence-corrected chi connectivity index (χ2v) is 6.76. The van der Waals surface area contributed by atoms with E-state index in [0.717, 1.165) is 11.3 Å². The minimum atomic E-state index is -0.918. The van der Waals surface area contributed by atoms with Crippen LogP contribution in [-0.2, 0) is 21.5 Å². The smallest absolute Gasteiger partial charge is 0.251 e. The summed E-state index contributed by atoms with van der Waals surface area (Å²) in [4.78, 5) is 24.8. The normalized spacial score (nSPS) is 11.0. The Kier molecular flexibility index (Phi) is 5.35. The van der Waals surface area contributed by atoms with Crippen molar-refractivity contribution < 1.29 is 9.59 Å². The molecule has 0 fully saturated rings. The van der Waals surface area contributed by atoms with Gasteiger partial charge in [0.1, 0.15) is 5.54 Å². The van der Waals surface area contributed by atoms with Gasteiger partial charge in [-0.05, 0) is 31.5 Å². The first-order valence-corrected chi connectivity index (χ1v) is 8.70. The molecule has 0 aliphatic heterocycles. The number of amides is 2. The Balaban J connectivity index is 1.65. The largest absolute Gasteiger partial charge is 0.324 e. The van der Waals surface area contributed by atoms with E-state index in [1.54, 1.807) is 30.9 Å². The molecule has 3 aromatic rings. The highest BCUT2D eigenvalue weighted by Crippen LogP contribution is 2.20. The molecule has 1 heterocycles. The van der Waals surface area contributed by atoms with Crippen molar-refractivity contribution in [3.63, 3.8) is 0 Å². The average Bonchev–Trinajstić information content (AvgIpc) is 3.12. The number of carbonyl (C=O) groups excluding carboxylic acids is 2. The molecule has 2 aromatic carbocycles. The Hall–Kier alpha value is -3.41. The van der Waals surface area contributed by atoms with Gasteiger partial charge in [0.15, 0.2) is 0 Å². The van der Waals surface area contributed by atoms with Gasteiger partial charge in [-0.3, -0.25) is 14.3 Å². The van der Waals surface area contributed by atoms with Crippen LogP contribution in [0.25, 0.3) is 0 Å². The molecule has 0 atom stereocenters. The van der Waals surface area contributed by atoms with Crippen LogP contribution in [0, 0.1) is 0 Å². The van der Waals surface area contributed by atoms with Crippen LogP contribution in [-0.4, -0.2) is 21.6 Å². The van der Waals surface area contributed by atoms with Gasteiger partial charge in [0.25, 0.3) is 5.91 Å². The third-order valence-electron chi connectivity index (χ3n) is 4.23. The Labute approximate surface area is 158 Å². The SMILES string of the molecule is CC(C)(C(=O)Nc1ccccc1)n1cc(NC(=O)Cc2ccccc2)cn1. The maximum atomic E-state index is 12.6. The topological polar surface area (TPSA) is 76.0 Å². The van der Waals surface area contributed by atoms with Crippen LogP contribution >= 0.6 is 0 Å². The molecule has 0 aliphatic rings. The minimum absolute atomic E-state index is 0.132. The molecule has 0 unspecified atom stereocenters. The lowest BCUT2D eigenvalue weighted by molar-refractivity contribution is -0.123. The van der Waals surface area contributed by atoms with Crippen molar-refractivity contribution in [2.45, 2.75) is 25.8 Å². The second-order valence-electron chi connectivity index (χ2n) is 6.76. The molecule has 0 spiro atoms. The monoisotopic (exact) mass is 362 g/mol. The van der Waals surface area contributed by atoms with Crippen molar-refractivity contribution in [1.82, 2.24) is 9.78 Å². The molecule has 0 radical (unpaired) electrons. The van der Waals surface area contributed by atoms with E-state index in [1.807, 2.05) is 60.7 Å². The predicted molar refractivity (Wildman–Crippen MR) is 105 cm³/mol. The second kappa shape index (κ2) is 7.86. The van der Waals surface area contributed by atoms with Crippen molar-refractivity contribution in [3.05, 3.63) is 78.6 Å². The van der Waals surface area contributed by atoms with Gasteiger partial charge in [0.2, 0.25) is 5.91 Å². The van der Waals surface area contributed by atoms with Crippen LogP contribution in [0.2, 0.25) is 0 Å². The number of carbonyl (C=O) groups is 2. The van der Waals surface area contributed by atoms with Crippen LogP contribution in [0.4, 0.5) is 11.4 Å². The highest BCUT2D eigenvalue weighted by atomic mass is 16.2. The molecular formula is C21H22N4O2. The third-order valence-corrected chi connectivity index (χ3v) is 4.23. The van der Waals surface area contributed by atoms with Crippen LogP contribution in [0.5, 0.6) is 0 Å². The summed E-state index contributed by atoms with van der Waals surface area (Å²) in [5.74, 6) is -0.328. The molecule has 1 aromatic heterocycles. The lowest BCUT2D eigenvalue weighted by atomic mass is 10.0. The molecule has 2 N–H and O–H groups in total. The highest BCUT2D eigenvalue weighted by Gasteiger charge is 2.31. The maximum absolute atomic E-state index is 12.6. The summed E-state index contributed by atoms with van der Waals surface area (Å²) in [6.07, 6.45) is 3.48. The van der Waals surface area contributed by atoms with Gasteiger partial charge in [-0.25, -0.2) is 0 Å². The number of para-hydroxylation sites is 1. The number of rotatable bonds is 6. The number of nitrogens with one attached hydrogen (secondary N) is 2. The summed E-state index contributed by atoms with van der Waals surface area (Å²) in [6, 6.07) is 18.8. The van der Waals surface area contributed by atoms with Crippen molar-refractivity contribution in [3.8, 4) is 0 Å². The molecule has 0 bridgehead atoms. The molecule has 138 valence electrons. The van der Waals surface area contributed by atoms with Gasteiger partial charge < -0.3 is 10.6 Å². The van der Waals surface area contributed by atoms with E-state index in [-0.39, 0.29) is 18.2 Å². The van der Waals surface area contributed by atoms with Crippen molar-refractivity contribution >= 4 is 23.2 Å². The Morgan fingerprint density at radius 3 is 2.22 bits per heavy atom. The molecule has 0 aliphatic carbocycles. The van der Waals surface area contributed by atoms with E-state index in [0.29, 0.717) is 5.69 Å². The van der Waals surface area contributed by atoms with Crippen molar-refractivity contribution in [2.24, 2.45) is 0 Å². The Bertz CT molecular complexity index is 918. The number of anilines is 2. The van der Waals surface area contributed by atoms with Gasteiger partial charge >= 0.3 is 0 Å². The molecule has 0 saturated heterocycles. The van der Waals surface area contributed by atoms with Gasteiger partial charge in [-0.1, -0.05) is 48.5 Å². The summed E-state index contributed by atoms with van der Waals surface area (Å²) >= 11 is 0. The molecular weight excluding hydrogens is 340 g/mol. The first-order chi connectivity index (χ1) is 12.9. The fraction of sp³-hybridized carbons (Fsp3) is 0.190.